The second-order valence-electron chi connectivity index (χ2n) is 3.72. The number of amides is 1. The van der Waals surface area contributed by atoms with Gasteiger partial charge in [0.1, 0.15) is 11.5 Å². The highest BCUT2D eigenvalue weighted by atomic mass is 19.1. The number of anilines is 1. The molecule has 0 saturated carbocycles. The van der Waals surface area contributed by atoms with Gasteiger partial charge in [0.25, 0.3) is 5.91 Å². The second-order valence-corrected chi connectivity index (χ2v) is 3.72. The summed E-state index contributed by atoms with van der Waals surface area (Å²) in [6.45, 7) is 0.374. The van der Waals surface area contributed by atoms with E-state index >= 15 is 0 Å². The summed E-state index contributed by atoms with van der Waals surface area (Å²) in [6, 6.07) is 8.99. The van der Waals surface area contributed by atoms with Gasteiger partial charge in [0.05, 0.1) is 0 Å². The van der Waals surface area contributed by atoms with Crippen LogP contribution in [-0.2, 0) is 6.54 Å². The Kier molecular flexibility index (Phi) is 3.64. The highest BCUT2D eigenvalue weighted by Crippen LogP contribution is 2.10. The molecule has 18 heavy (non-hydrogen) atoms. The molecule has 0 radical (unpaired) electrons. The normalized spacial score (nSPS) is 10.1. The van der Waals surface area contributed by atoms with Crippen LogP contribution < -0.4 is 11.1 Å². The van der Waals surface area contributed by atoms with Crippen molar-refractivity contribution in [3.05, 3.63) is 59.7 Å². The van der Waals surface area contributed by atoms with E-state index in [0.29, 0.717) is 12.2 Å². The number of nitrogens with two attached hydrogens (primary N) is 1. The van der Waals surface area contributed by atoms with Gasteiger partial charge in [0.2, 0.25) is 0 Å². The fourth-order valence-corrected chi connectivity index (χ4v) is 1.44. The number of rotatable bonds is 3. The van der Waals surface area contributed by atoms with Crippen molar-refractivity contribution in [1.29, 1.82) is 0 Å². The van der Waals surface area contributed by atoms with Crippen molar-refractivity contribution >= 4 is 11.6 Å². The minimum Gasteiger partial charge on any atom is -0.326 e. The lowest BCUT2D eigenvalue weighted by molar-refractivity contribution is 0.102. The molecule has 5 heteroatoms. The summed E-state index contributed by atoms with van der Waals surface area (Å²) in [5.41, 5.74) is 6.93. The number of carbonyl (C=O) groups is 1. The molecule has 4 nitrogen and oxygen atoms in total. The van der Waals surface area contributed by atoms with Gasteiger partial charge in [-0.2, -0.15) is 0 Å². The fourth-order valence-electron chi connectivity index (χ4n) is 1.44. The molecule has 3 N–H and O–H groups in total. The van der Waals surface area contributed by atoms with Crippen molar-refractivity contribution in [2.24, 2.45) is 5.73 Å². The summed E-state index contributed by atoms with van der Waals surface area (Å²) in [4.78, 5) is 15.8. The van der Waals surface area contributed by atoms with Crippen LogP contribution in [0.15, 0.2) is 42.6 Å². The number of halogens is 1. The maximum absolute atomic E-state index is 12.9. The summed E-state index contributed by atoms with van der Waals surface area (Å²) in [6.07, 6.45) is 1.54. The molecule has 0 spiro atoms. The van der Waals surface area contributed by atoms with Crippen LogP contribution in [-0.4, -0.2) is 10.9 Å². The Morgan fingerprint density at radius 3 is 2.78 bits per heavy atom. The van der Waals surface area contributed by atoms with Gasteiger partial charge in [0, 0.05) is 18.4 Å². The maximum atomic E-state index is 12.9. The first-order chi connectivity index (χ1) is 8.69. The van der Waals surface area contributed by atoms with Crippen molar-refractivity contribution < 1.29 is 9.18 Å². The van der Waals surface area contributed by atoms with Crippen molar-refractivity contribution in [2.45, 2.75) is 6.54 Å². The van der Waals surface area contributed by atoms with E-state index in [2.05, 4.69) is 10.3 Å². The van der Waals surface area contributed by atoms with Crippen LogP contribution >= 0.6 is 0 Å². The van der Waals surface area contributed by atoms with Crippen molar-refractivity contribution in [3.63, 3.8) is 0 Å². The number of hydrogen-bond acceptors (Lipinski definition) is 3. The molecule has 0 saturated heterocycles. The summed E-state index contributed by atoms with van der Waals surface area (Å²) < 4.78 is 12.9. The quantitative estimate of drug-likeness (QED) is 0.868. The minimum atomic E-state index is -0.403. The zero-order valence-electron chi connectivity index (χ0n) is 9.56. The molecule has 0 aliphatic carbocycles. The molecule has 1 aromatic heterocycles. The van der Waals surface area contributed by atoms with Crippen LogP contribution in [0.5, 0.6) is 0 Å². The topological polar surface area (TPSA) is 68.0 Å². The third kappa shape index (κ3) is 2.89. The number of carbonyl (C=O) groups excluding carboxylic acids is 1. The molecule has 2 rings (SSSR count). The Labute approximate surface area is 104 Å². The van der Waals surface area contributed by atoms with Crippen molar-refractivity contribution in [3.8, 4) is 0 Å². The standard InChI is InChI=1S/C13H12FN3O/c14-10-2-1-3-11(6-10)17-13(18)12-5-4-9(7-15)8-16-12/h1-6,8H,7,15H2,(H,17,18). The predicted octanol–water partition coefficient (Wildman–Crippen LogP) is 1.93. The maximum Gasteiger partial charge on any atom is 0.274 e. The van der Waals surface area contributed by atoms with Gasteiger partial charge >= 0.3 is 0 Å². The van der Waals surface area contributed by atoms with E-state index in [1.165, 1.54) is 18.2 Å². The molecule has 0 aliphatic heterocycles. The van der Waals surface area contributed by atoms with Gasteiger partial charge in [-0.3, -0.25) is 9.78 Å². The average Bonchev–Trinajstić information content (AvgIpc) is 2.39. The number of nitrogens with one attached hydrogen (secondary N) is 1. The number of pyridine rings is 1. The van der Waals surface area contributed by atoms with Gasteiger partial charge < -0.3 is 11.1 Å². The van der Waals surface area contributed by atoms with Crippen LogP contribution in [0.4, 0.5) is 10.1 Å². The molecule has 1 heterocycles. The fraction of sp³-hybridized carbons (Fsp3) is 0.0769. The number of hydrogen-bond donors (Lipinski definition) is 2. The Morgan fingerprint density at radius 1 is 1.33 bits per heavy atom. The molecule has 0 bridgehead atoms. The van der Waals surface area contributed by atoms with E-state index in [1.54, 1.807) is 24.4 Å². The van der Waals surface area contributed by atoms with E-state index in [-0.39, 0.29) is 11.6 Å². The first-order valence-corrected chi connectivity index (χ1v) is 5.41. The molecule has 2 aromatic rings. The molecule has 1 aromatic carbocycles. The lowest BCUT2D eigenvalue weighted by atomic mass is 10.2. The Hall–Kier alpha value is -2.27. The van der Waals surface area contributed by atoms with Gasteiger partial charge in [-0.1, -0.05) is 12.1 Å². The predicted molar refractivity (Wildman–Crippen MR) is 66.5 cm³/mol. The summed E-state index contributed by atoms with van der Waals surface area (Å²) in [5.74, 6) is -0.789. The van der Waals surface area contributed by atoms with Crippen LogP contribution in [0.1, 0.15) is 16.1 Å². The molecule has 1 amide bonds. The minimum absolute atomic E-state index is 0.261. The molecular weight excluding hydrogens is 233 g/mol. The summed E-state index contributed by atoms with van der Waals surface area (Å²) >= 11 is 0. The molecule has 0 aliphatic rings. The lowest BCUT2D eigenvalue weighted by Gasteiger charge is -2.05. The number of nitrogens with zero attached hydrogens (tertiary/aromatic N) is 1. The van der Waals surface area contributed by atoms with E-state index in [1.807, 2.05) is 0 Å². The SMILES string of the molecule is NCc1ccc(C(=O)Nc2cccc(F)c2)nc1. The van der Waals surface area contributed by atoms with Gasteiger partial charge in [-0.25, -0.2) is 4.39 Å². The Bertz CT molecular complexity index is 554. The Morgan fingerprint density at radius 2 is 2.17 bits per heavy atom. The first-order valence-electron chi connectivity index (χ1n) is 5.41. The van der Waals surface area contributed by atoms with Crippen LogP contribution in [0, 0.1) is 5.82 Å². The third-order valence-electron chi connectivity index (χ3n) is 2.38. The number of benzene rings is 1. The summed E-state index contributed by atoms with van der Waals surface area (Å²) in [7, 11) is 0. The van der Waals surface area contributed by atoms with Crippen LogP contribution in [0.2, 0.25) is 0 Å². The van der Waals surface area contributed by atoms with Gasteiger partial charge in [-0.15, -0.1) is 0 Å². The van der Waals surface area contributed by atoms with Gasteiger partial charge in [0.15, 0.2) is 0 Å². The summed E-state index contributed by atoms with van der Waals surface area (Å²) in [5, 5.41) is 2.56. The van der Waals surface area contributed by atoms with E-state index in [0.717, 1.165) is 5.56 Å². The zero-order valence-corrected chi connectivity index (χ0v) is 9.56. The second kappa shape index (κ2) is 5.37. The molecule has 0 atom stereocenters. The van der Waals surface area contributed by atoms with Crippen LogP contribution in [0.25, 0.3) is 0 Å². The van der Waals surface area contributed by atoms with Crippen LogP contribution in [0.3, 0.4) is 0 Å². The zero-order chi connectivity index (χ0) is 13.0. The average molecular weight is 245 g/mol. The van der Waals surface area contributed by atoms with Crippen molar-refractivity contribution in [1.82, 2.24) is 4.98 Å². The van der Waals surface area contributed by atoms with Gasteiger partial charge in [-0.05, 0) is 29.8 Å². The largest absolute Gasteiger partial charge is 0.326 e. The highest BCUT2D eigenvalue weighted by Gasteiger charge is 2.07. The monoisotopic (exact) mass is 245 g/mol. The van der Waals surface area contributed by atoms with E-state index in [4.69, 9.17) is 5.73 Å². The molecule has 92 valence electrons. The lowest BCUT2D eigenvalue weighted by Crippen LogP contribution is -2.14. The molecule has 0 unspecified atom stereocenters. The smallest absolute Gasteiger partial charge is 0.274 e. The van der Waals surface area contributed by atoms with E-state index in [9.17, 15) is 9.18 Å². The van der Waals surface area contributed by atoms with E-state index < -0.39 is 5.82 Å². The molecular formula is C13H12FN3O. The highest BCUT2D eigenvalue weighted by molar-refractivity contribution is 6.02. The Balaban J connectivity index is 2.11. The first kappa shape index (κ1) is 12.2. The van der Waals surface area contributed by atoms with Crippen molar-refractivity contribution in [2.75, 3.05) is 5.32 Å². The number of aromatic nitrogens is 1. The third-order valence-corrected chi connectivity index (χ3v) is 2.38. The molecule has 0 fully saturated rings.